The third-order valence-corrected chi connectivity index (χ3v) is 2.93. The van der Waals surface area contributed by atoms with Gasteiger partial charge in [-0.1, -0.05) is 41.4 Å². The summed E-state index contributed by atoms with van der Waals surface area (Å²) >= 11 is 5.94. The molecule has 84 valence electrons. The highest BCUT2D eigenvalue weighted by atomic mass is 35.5. The number of aliphatic hydroxyl groups excluding tert-OH is 1. The minimum Gasteiger partial charge on any atom is -0.390 e. The van der Waals surface area contributed by atoms with Gasteiger partial charge >= 0.3 is 0 Å². The summed E-state index contributed by atoms with van der Waals surface area (Å²) in [6.07, 6.45) is 0. The zero-order valence-corrected chi connectivity index (χ0v) is 9.99. The van der Waals surface area contributed by atoms with E-state index in [-0.39, 0.29) is 6.61 Å². The van der Waals surface area contributed by atoms with Crippen LogP contribution in [0.25, 0.3) is 11.4 Å². The van der Waals surface area contributed by atoms with Gasteiger partial charge in [-0.2, -0.15) is 0 Å². The Hall–Kier alpha value is -1.32. The fraction of sp³-hybridized carbons (Fsp3) is 0.250. The molecule has 1 N–H and O–H groups in total. The molecule has 1 aromatic heterocycles. The van der Waals surface area contributed by atoms with Crippen LogP contribution >= 0.6 is 11.6 Å². The summed E-state index contributed by atoms with van der Waals surface area (Å²) in [5.41, 5.74) is 2.83. The predicted octanol–water partition coefficient (Wildman–Crippen LogP) is 2.54. The number of nitrogens with zero attached hydrogens (tertiary/aromatic N) is 2. The van der Waals surface area contributed by atoms with Gasteiger partial charge in [-0.15, -0.1) is 0 Å². The van der Waals surface area contributed by atoms with E-state index in [1.165, 1.54) is 5.56 Å². The molecule has 4 heteroatoms. The van der Waals surface area contributed by atoms with Crippen LogP contribution in [0.15, 0.2) is 24.3 Å². The first-order chi connectivity index (χ1) is 7.63. The molecule has 0 radical (unpaired) electrons. The summed E-state index contributed by atoms with van der Waals surface area (Å²) in [5, 5.41) is 9.52. The molecule has 3 nitrogen and oxygen atoms in total. The molecule has 2 rings (SSSR count). The van der Waals surface area contributed by atoms with Gasteiger partial charge in [-0.3, -0.25) is 0 Å². The number of hydrogen-bond donors (Lipinski definition) is 1. The van der Waals surface area contributed by atoms with Crippen molar-refractivity contribution in [1.82, 2.24) is 9.55 Å². The second kappa shape index (κ2) is 4.28. The average molecular weight is 237 g/mol. The molecule has 0 bridgehead atoms. The van der Waals surface area contributed by atoms with Gasteiger partial charge < -0.3 is 9.67 Å². The molecule has 2 aromatic rings. The number of rotatable bonds is 2. The highest BCUT2D eigenvalue weighted by Gasteiger charge is 2.13. The van der Waals surface area contributed by atoms with E-state index in [4.69, 9.17) is 16.7 Å². The Bertz CT molecular complexity index is 502. The topological polar surface area (TPSA) is 38.1 Å². The summed E-state index contributed by atoms with van der Waals surface area (Å²) < 4.78 is 1.81. The van der Waals surface area contributed by atoms with Gasteiger partial charge in [-0.25, -0.2) is 4.98 Å². The van der Waals surface area contributed by atoms with Gasteiger partial charge in [0.1, 0.15) is 5.82 Å². The molecule has 0 aliphatic heterocycles. The SMILES string of the molecule is Cc1ccc(-c2nc(Cl)c(CO)n2C)cc1. The van der Waals surface area contributed by atoms with Crippen molar-refractivity contribution >= 4 is 11.6 Å². The first-order valence-electron chi connectivity index (χ1n) is 5.02. The minimum atomic E-state index is -0.103. The maximum atomic E-state index is 9.16. The van der Waals surface area contributed by atoms with Crippen LogP contribution in [0, 0.1) is 6.92 Å². The summed E-state index contributed by atoms with van der Waals surface area (Å²) in [6, 6.07) is 8.04. The van der Waals surface area contributed by atoms with Gasteiger partial charge in [0.15, 0.2) is 5.15 Å². The smallest absolute Gasteiger partial charge is 0.153 e. The van der Waals surface area contributed by atoms with Crippen LogP contribution in [0.5, 0.6) is 0 Å². The molecular weight excluding hydrogens is 224 g/mol. The lowest BCUT2D eigenvalue weighted by Crippen LogP contribution is -1.98. The van der Waals surface area contributed by atoms with Crippen molar-refractivity contribution in [3.05, 3.63) is 40.7 Å². The molecule has 0 atom stereocenters. The third-order valence-electron chi connectivity index (χ3n) is 2.62. The second-order valence-corrected chi connectivity index (χ2v) is 4.11. The highest BCUT2D eigenvalue weighted by Crippen LogP contribution is 2.24. The molecule has 16 heavy (non-hydrogen) atoms. The van der Waals surface area contributed by atoms with E-state index in [0.29, 0.717) is 10.8 Å². The Labute approximate surface area is 99.3 Å². The molecule has 0 fully saturated rings. The molecule has 0 unspecified atom stereocenters. The van der Waals surface area contributed by atoms with E-state index >= 15 is 0 Å². The Morgan fingerprint density at radius 1 is 1.31 bits per heavy atom. The van der Waals surface area contributed by atoms with E-state index in [9.17, 15) is 0 Å². The number of aryl methyl sites for hydroxylation is 1. The van der Waals surface area contributed by atoms with Gasteiger partial charge in [-0.05, 0) is 6.92 Å². The first kappa shape index (κ1) is 11.2. The molecule has 0 aliphatic carbocycles. The number of halogens is 1. The van der Waals surface area contributed by atoms with Crippen LogP contribution in [0.3, 0.4) is 0 Å². The summed E-state index contributed by atoms with van der Waals surface area (Å²) in [6.45, 7) is 1.93. The quantitative estimate of drug-likeness (QED) is 0.870. The molecule has 0 saturated heterocycles. The van der Waals surface area contributed by atoms with Crippen LogP contribution in [0.4, 0.5) is 0 Å². The number of benzene rings is 1. The van der Waals surface area contributed by atoms with Crippen molar-refractivity contribution in [1.29, 1.82) is 0 Å². The third kappa shape index (κ3) is 1.84. The lowest BCUT2D eigenvalue weighted by Gasteiger charge is -2.04. The van der Waals surface area contributed by atoms with Crippen molar-refractivity contribution in [2.45, 2.75) is 13.5 Å². The molecule has 1 heterocycles. The molecular formula is C12H13ClN2O. The van der Waals surface area contributed by atoms with Gasteiger partial charge in [0.05, 0.1) is 12.3 Å². The van der Waals surface area contributed by atoms with Crippen molar-refractivity contribution in [2.75, 3.05) is 0 Å². The van der Waals surface area contributed by atoms with Crippen molar-refractivity contribution in [3.8, 4) is 11.4 Å². The van der Waals surface area contributed by atoms with Crippen molar-refractivity contribution < 1.29 is 5.11 Å². The molecule has 0 amide bonds. The molecule has 0 aliphatic rings. The standard InChI is InChI=1S/C12H13ClN2O/c1-8-3-5-9(6-4-8)12-14-11(13)10(7-16)15(12)2/h3-6,16H,7H2,1-2H3. The monoisotopic (exact) mass is 236 g/mol. The van der Waals surface area contributed by atoms with E-state index < -0.39 is 0 Å². The van der Waals surface area contributed by atoms with Crippen LogP contribution in [0.2, 0.25) is 5.15 Å². The maximum Gasteiger partial charge on any atom is 0.153 e. The number of imidazole rings is 1. The van der Waals surface area contributed by atoms with Crippen molar-refractivity contribution in [2.24, 2.45) is 7.05 Å². The zero-order chi connectivity index (χ0) is 11.7. The second-order valence-electron chi connectivity index (χ2n) is 3.76. The van der Waals surface area contributed by atoms with Crippen LogP contribution in [-0.2, 0) is 13.7 Å². The van der Waals surface area contributed by atoms with Crippen molar-refractivity contribution in [3.63, 3.8) is 0 Å². The Kier molecular flexibility index (Phi) is 2.99. The number of hydrogen-bond acceptors (Lipinski definition) is 2. The maximum absolute atomic E-state index is 9.16. The fourth-order valence-corrected chi connectivity index (χ4v) is 1.90. The predicted molar refractivity (Wildman–Crippen MR) is 64.3 cm³/mol. The summed E-state index contributed by atoms with van der Waals surface area (Å²) in [4.78, 5) is 4.25. The largest absolute Gasteiger partial charge is 0.390 e. The minimum absolute atomic E-state index is 0.103. The highest BCUT2D eigenvalue weighted by molar-refractivity contribution is 6.30. The average Bonchev–Trinajstić information content (AvgIpc) is 2.55. The lowest BCUT2D eigenvalue weighted by molar-refractivity contribution is 0.273. The zero-order valence-electron chi connectivity index (χ0n) is 9.24. The first-order valence-corrected chi connectivity index (χ1v) is 5.40. The van der Waals surface area contributed by atoms with E-state index in [2.05, 4.69) is 4.98 Å². The Morgan fingerprint density at radius 3 is 2.44 bits per heavy atom. The summed E-state index contributed by atoms with van der Waals surface area (Å²) in [5.74, 6) is 0.772. The number of aromatic nitrogens is 2. The van der Waals surface area contributed by atoms with E-state index in [1.807, 2.05) is 42.8 Å². The van der Waals surface area contributed by atoms with Gasteiger partial charge in [0, 0.05) is 12.6 Å². The number of aliphatic hydroxyl groups is 1. The molecule has 1 aromatic carbocycles. The van der Waals surface area contributed by atoms with Gasteiger partial charge in [0.2, 0.25) is 0 Å². The van der Waals surface area contributed by atoms with E-state index in [1.54, 1.807) is 0 Å². The van der Waals surface area contributed by atoms with Crippen LogP contribution < -0.4 is 0 Å². The molecule has 0 saturated carbocycles. The lowest BCUT2D eigenvalue weighted by atomic mass is 10.1. The summed E-state index contributed by atoms with van der Waals surface area (Å²) in [7, 11) is 1.85. The van der Waals surface area contributed by atoms with Crippen LogP contribution in [0.1, 0.15) is 11.3 Å². The molecule has 0 spiro atoms. The fourth-order valence-electron chi connectivity index (χ4n) is 1.63. The van der Waals surface area contributed by atoms with E-state index in [0.717, 1.165) is 11.4 Å². The normalized spacial score (nSPS) is 10.8. The Morgan fingerprint density at radius 2 is 1.94 bits per heavy atom. The Balaban J connectivity index is 2.52. The van der Waals surface area contributed by atoms with Crippen LogP contribution in [-0.4, -0.2) is 14.7 Å². The van der Waals surface area contributed by atoms with Gasteiger partial charge in [0.25, 0.3) is 0 Å².